The summed E-state index contributed by atoms with van der Waals surface area (Å²) < 4.78 is 5.65. The molecule has 2 aromatic rings. The van der Waals surface area contributed by atoms with Crippen LogP contribution in [0.4, 0.5) is 0 Å². The number of hydrogen-bond acceptors (Lipinski definition) is 2. The zero-order valence-electron chi connectivity index (χ0n) is 8.17. The minimum absolute atomic E-state index is 0.207. The lowest BCUT2D eigenvalue weighted by Gasteiger charge is -2.04. The van der Waals surface area contributed by atoms with E-state index in [1.54, 1.807) is 0 Å². The quantitative estimate of drug-likeness (QED) is 0.821. The van der Waals surface area contributed by atoms with Gasteiger partial charge in [0.1, 0.15) is 11.3 Å². The molecule has 2 rings (SSSR count). The molecule has 74 valence electrons. The summed E-state index contributed by atoms with van der Waals surface area (Å²) in [5.74, 6) is 0.913. The lowest BCUT2D eigenvalue weighted by molar-refractivity contribution is 0.475. The van der Waals surface area contributed by atoms with Gasteiger partial charge in [0.25, 0.3) is 0 Å². The van der Waals surface area contributed by atoms with Crippen LogP contribution < -0.4 is 5.32 Å². The first-order valence-electron chi connectivity index (χ1n) is 4.57. The highest BCUT2D eigenvalue weighted by molar-refractivity contribution is 6.35. The summed E-state index contributed by atoms with van der Waals surface area (Å²) in [5, 5.41) is 4.84. The highest BCUT2D eigenvalue weighted by Crippen LogP contribution is 2.28. The molecule has 14 heavy (non-hydrogen) atoms. The van der Waals surface area contributed by atoms with E-state index in [4.69, 9.17) is 16.0 Å². The van der Waals surface area contributed by atoms with Crippen LogP contribution in [0.3, 0.4) is 0 Å². The number of nitrogens with one attached hydrogen (secondary N) is 1. The average Bonchev–Trinajstić information content (AvgIpc) is 2.62. The second-order valence-electron chi connectivity index (χ2n) is 3.31. The van der Waals surface area contributed by atoms with Crippen LogP contribution in [0, 0.1) is 0 Å². The first-order valence-corrected chi connectivity index (χ1v) is 4.95. The number of benzene rings is 1. The Labute approximate surface area is 87.9 Å². The zero-order chi connectivity index (χ0) is 10.1. The van der Waals surface area contributed by atoms with Crippen molar-refractivity contribution in [3.63, 3.8) is 0 Å². The maximum absolute atomic E-state index is 6.04. The van der Waals surface area contributed by atoms with Crippen LogP contribution in [-0.4, -0.2) is 7.05 Å². The van der Waals surface area contributed by atoms with Gasteiger partial charge in [-0.05, 0) is 32.2 Å². The van der Waals surface area contributed by atoms with Crippen LogP contribution >= 0.6 is 11.6 Å². The molecule has 0 radical (unpaired) electrons. The molecule has 1 unspecified atom stereocenters. The maximum atomic E-state index is 6.04. The molecule has 1 aromatic heterocycles. The van der Waals surface area contributed by atoms with Gasteiger partial charge >= 0.3 is 0 Å². The van der Waals surface area contributed by atoms with Gasteiger partial charge in [-0.1, -0.05) is 17.7 Å². The molecule has 1 N–H and O–H groups in total. The average molecular weight is 210 g/mol. The van der Waals surface area contributed by atoms with Crippen molar-refractivity contribution in [2.45, 2.75) is 13.0 Å². The molecular weight excluding hydrogens is 198 g/mol. The van der Waals surface area contributed by atoms with Gasteiger partial charge in [0.15, 0.2) is 0 Å². The molecule has 3 heteroatoms. The smallest absolute Gasteiger partial charge is 0.135 e. The highest BCUT2D eigenvalue weighted by Gasteiger charge is 2.10. The third-order valence-electron chi connectivity index (χ3n) is 2.39. The van der Waals surface area contributed by atoms with Crippen LogP contribution in [0.15, 0.2) is 28.7 Å². The van der Waals surface area contributed by atoms with Gasteiger partial charge in [0.05, 0.1) is 11.1 Å². The Bertz CT molecular complexity index is 449. The van der Waals surface area contributed by atoms with E-state index >= 15 is 0 Å². The SMILES string of the molecule is CNC(C)c1cc2c(Cl)cccc2o1. The van der Waals surface area contributed by atoms with Crippen molar-refractivity contribution in [1.82, 2.24) is 5.32 Å². The van der Waals surface area contributed by atoms with Crippen molar-refractivity contribution < 1.29 is 4.42 Å². The number of halogens is 1. The van der Waals surface area contributed by atoms with E-state index in [0.717, 1.165) is 21.8 Å². The minimum Gasteiger partial charge on any atom is -0.459 e. The fourth-order valence-corrected chi connectivity index (χ4v) is 1.62. The van der Waals surface area contributed by atoms with Crippen molar-refractivity contribution in [1.29, 1.82) is 0 Å². The minimum atomic E-state index is 0.207. The summed E-state index contributed by atoms with van der Waals surface area (Å²) in [7, 11) is 1.90. The number of hydrogen-bond donors (Lipinski definition) is 1. The predicted octanol–water partition coefficient (Wildman–Crippen LogP) is 3.37. The molecule has 0 saturated heterocycles. The van der Waals surface area contributed by atoms with Gasteiger partial charge in [-0.15, -0.1) is 0 Å². The van der Waals surface area contributed by atoms with Gasteiger partial charge in [-0.25, -0.2) is 0 Å². The molecule has 0 spiro atoms. The Hall–Kier alpha value is -0.990. The van der Waals surface area contributed by atoms with E-state index in [-0.39, 0.29) is 6.04 Å². The molecule has 0 aliphatic heterocycles. The number of fused-ring (bicyclic) bond motifs is 1. The first-order chi connectivity index (χ1) is 6.72. The summed E-state index contributed by atoms with van der Waals surface area (Å²) in [4.78, 5) is 0. The predicted molar refractivity (Wildman–Crippen MR) is 58.7 cm³/mol. The van der Waals surface area contributed by atoms with Gasteiger partial charge in [0.2, 0.25) is 0 Å². The molecule has 0 aliphatic rings. The molecule has 0 fully saturated rings. The Morgan fingerprint density at radius 1 is 1.43 bits per heavy atom. The van der Waals surface area contributed by atoms with Gasteiger partial charge in [0, 0.05) is 5.39 Å². The monoisotopic (exact) mass is 209 g/mol. The Morgan fingerprint density at radius 3 is 2.86 bits per heavy atom. The second-order valence-corrected chi connectivity index (χ2v) is 3.72. The molecule has 1 heterocycles. The standard InChI is InChI=1S/C11H12ClNO/c1-7(13-2)11-6-8-9(12)4-3-5-10(8)14-11/h3-7,13H,1-2H3. The van der Waals surface area contributed by atoms with Crippen molar-refractivity contribution in [3.8, 4) is 0 Å². The van der Waals surface area contributed by atoms with E-state index in [1.807, 2.05) is 38.2 Å². The van der Waals surface area contributed by atoms with E-state index in [1.165, 1.54) is 0 Å². The Balaban J connectivity index is 2.56. The molecular formula is C11H12ClNO. The molecule has 1 atom stereocenters. The number of furan rings is 1. The summed E-state index contributed by atoms with van der Waals surface area (Å²) in [5.41, 5.74) is 0.842. The largest absolute Gasteiger partial charge is 0.459 e. The summed E-state index contributed by atoms with van der Waals surface area (Å²) in [6.07, 6.45) is 0. The fourth-order valence-electron chi connectivity index (χ4n) is 1.40. The van der Waals surface area contributed by atoms with Gasteiger partial charge in [-0.2, -0.15) is 0 Å². The normalized spacial score (nSPS) is 13.4. The Morgan fingerprint density at radius 2 is 2.21 bits per heavy atom. The van der Waals surface area contributed by atoms with Crippen molar-refractivity contribution in [2.75, 3.05) is 7.05 Å². The topological polar surface area (TPSA) is 25.2 Å². The first kappa shape index (κ1) is 9.56. The fraction of sp³-hybridized carbons (Fsp3) is 0.273. The van der Waals surface area contributed by atoms with Crippen LogP contribution in [0.2, 0.25) is 5.02 Å². The molecule has 0 saturated carbocycles. The third kappa shape index (κ3) is 1.51. The summed E-state index contributed by atoms with van der Waals surface area (Å²) in [6, 6.07) is 7.87. The number of rotatable bonds is 2. The van der Waals surface area contributed by atoms with Crippen LogP contribution in [0.5, 0.6) is 0 Å². The molecule has 0 amide bonds. The van der Waals surface area contributed by atoms with Gasteiger partial charge < -0.3 is 9.73 Å². The van der Waals surface area contributed by atoms with Crippen molar-refractivity contribution in [3.05, 3.63) is 35.0 Å². The second kappa shape index (κ2) is 3.64. The molecule has 0 aliphatic carbocycles. The molecule has 1 aromatic carbocycles. The van der Waals surface area contributed by atoms with E-state index in [2.05, 4.69) is 5.32 Å². The van der Waals surface area contributed by atoms with Crippen LogP contribution in [0.1, 0.15) is 18.7 Å². The van der Waals surface area contributed by atoms with Crippen LogP contribution in [-0.2, 0) is 0 Å². The van der Waals surface area contributed by atoms with Gasteiger partial charge in [-0.3, -0.25) is 0 Å². The van der Waals surface area contributed by atoms with E-state index < -0.39 is 0 Å². The van der Waals surface area contributed by atoms with E-state index in [0.29, 0.717) is 0 Å². The maximum Gasteiger partial charge on any atom is 0.135 e. The van der Waals surface area contributed by atoms with Crippen molar-refractivity contribution in [2.24, 2.45) is 0 Å². The Kier molecular flexibility index (Phi) is 2.48. The zero-order valence-corrected chi connectivity index (χ0v) is 8.93. The molecule has 2 nitrogen and oxygen atoms in total. The lowest BCUT2D eigenvalue weighted by atomic mass is 10.2. The van der Waals surface area contributed by atoms with Crippen molar-refractivity contribution >= 4 is 22.6 Å². The third-order valence-corrected chi connectivity index (χ3v) is 2.72. The summed E-state index contributed by atoms with van der Waals surface area (Å²) in [6.45, 7) is 2.05. The lowest BCUT2D eigenvalue weighted by Crippen LogP contribution is -2.10. The highest BCUT2D eigenvalue weighted by atomic mass is 35.5. The van der Waals surface area contributed by atoms with E-state index in [9.17, 15) is 0 Å². The van der Waals surface area contributed by atoms with Crippen LogP contribution in [0.25, 0.3) is 11.0 Å². The molecule has 0 bridgehead atoms. The summed E-state index contributed by atoms with van der Waals surface area (Å²) >= 11 is 6.04.